The number of aromatic nitrogens is 2. The monoisotopic (exact) mass is 358 g/mol. The SMILES string of the molecule is CCc1cnc(OC2CCN(C(=O)NCc3ccc(F)cc3)CC2)nc1. The van der Waals surface area contributed by atoms with Gasteiger partial charge in [0.05, 0.1) is 0 Å². The minimum atomic E-state index is -0.282. The van der Waals surface area contributed by atoms with Crippen LogP contribution in [0.15, 0.2) is 36.7 Å². The Balaban J connectivity index is 1.42. The molecule has 26 heavy (non-hydrogen) atoms. The van der Waals surface area contributed by atoms with Crippen LogP contribution in [0.25, 0.3) is 0 Å². The van der Waals surface area contributed by atoms with E-state index in [4.69, 9.17) is 4.74 Å². The number of carbonyl (C=O) groups is 1. The van der Waals surface area contributed by atoms with Crippen LogP contribution in [0, 0.1) is 5.82 Å². The number of rotatable bonds is 5. The molecule has 138 valence electrons. The molecule has 1 fully saturated rings. The zero-order valence-electron chi connectivity index (χ0n) is 14.8. The third-order valence-corrected chi connectivity index (χ3v) is 4.45. The van der Waals surface area contributed by atoms with Crippen LogP contribution in [0.5, 0.6) is 6.01 Å². The van der Waals surface area contributed by atoms with Gasteiger partial charge in [-0.05, 0) is 29.7 Å². The number of halogens is 1. The van der Waals surface area contributed by atoms with Gasteiger partial charge < -0.3 is 15.0 Å². The van der Waals surface area contributed by atoms with Crippen molar-refractivity contribution >= 4 is 6.03 Å². The smallest absolute Gasteiger partial charge is 0.317 e. The molecular weight excluding hydrogens is 335 g/mol. The molecule has 0 bridgehead atoms. The first-order chi connectivity index (χ1) is 12.6. The van der Waals surface area contributed by atoms with Crippen LogP contribution in [-0.4, -0.2) is 40.1 Å². The molecule has 0 radical (unpaired) electrons. The standard InChI is InChI=1S/C19H23FN4O2/c1-2-14-11-21-18(22-12-14)26-17-7-9-24(10-8-17)19(25)23-13-15-3-5-16(20)6-4-15/h3-6,11-12,17H,2,7-10,13H2,1H3,(H,23,25). The Morgan fingerprint density at radius 3 is 2.46 bits per heavy atom. The number of benzene rings is 1. The molecular formula is C19H23FN4O2. The van der Waals surface area contributed by atoms with Gasteiger partial charge in [0.25, 0.3) is 0 Å². The summed E-state index contributed by atoms with van der Waals surface area (Å²) >= 11 is 0. The van der Waals surface area contributed by atoms with E-state index in [1.807, 2.05) is 0 Å². The number of urea groups is 1. The molecule has 2 heterocycles. The van der Waals surface area contributed by atoms with Crippen LogP contribution in [0.1, 0.15) is 30.9 Å². The van der Waals surface area contributed by atoms with Gasteiger partial charge in [0.1, 0.15) is 11.9 Å². The lowest BCUT2D eigenvalue weighted by Crippen LogP contribution is -2.46. The van der Waals surface area contributed by atoms with Crippen molar-refractivity contribution in [3.8, 4) is 6.01 Å². The molecule has 0 saturated carbocycles. The number of piperidine rings is 1. The fraction of sp³-hybridized carbons (Fsp3) is 0.421. The highest BCUT2D eigenvalue weighted by Crippen LogP contribution is 2.16. The highest BCUT2D eigenvalue weighted by atomic mass is 19.1. The Kier molecular flexibility index (Phi) is 5.99. The summed E-state index contributed by atoms with van der Waals surface area (Å²) in [6.45, 7) is 3.67. The first kappa shape index (κ1) is 18.1. The maximum absolute atomic E-state index is 12.9. The summed E-state index contributed by atoms with van der Waals surface area (Å²) in [6.07, 6.45) is 5.95. The van der Waals surface area contributed by atoms with Crippen molar-refractivity contribution in [1.82, 2.24) is 20.2 Å². The van der Waals surface area contributed by atoms with Crippen molar-refractivity contribution in [2.24, 2.45) is 0 Å². The molecule has 6 nitrogen and oxygen atoms in total. The summed E-state index contributed by atoms with van der Waals surface area (Å²) in [5.41, 5.74) is 1.94. The lowest BCUT2D eigenvalue weighted by atomic mass is 10.1. The number of nitrogens with one attached hydrogen (secondary N) is 1. The first-order valence-corrected chi connectivity index (χ1v) is 8.89. The van der Waals surface area contributed by atoms with Crippen LogP contribution in [-0.2, 0) is 13.0 Å². The molecule has 1 aromatic heterocycles. The molecule has 2 amide bonds. The van der Waals surface area contributed by atoms with Gasteiger partial charge in [-0.3, -0.25) is 0 Å². The number of hydrogen-bond donors (Lipinski definition) is 1. The van der Waals surface area contributed by atoms with E-state index in [1.165, 1.54) is 12.1 Å². The molecule has 0 unspecified atom stereocenters. The molecule has 0 atom stereocenters. The molecule has 1 saturated heterocycles. The zero-order valence-corrected chi connectivity index (χ0v) is 14.8. The number of aryl methyl sites for hydroxylation is 1. The van der Waals surface area contributed by atoms with Gasteiger partial charge in [-0.25, -0.2) is 19.2 Å². The second-order valence-corrected chi connectivity index (χ2v) is 6.32. The van der Waals surface area contributed by atoms with Gasteiger partial charge >= 0.3 is 12.0 Å². The van der Waals surface area contributed by atoms with E-state index in [-0.39, 0.29) is 18.0 Å². The zero-order chi connectivity index (χ0) is 18.4. The van der Waals surface area contributed by atoms with Crippen molar-refractivity contribution in [3.63, 3.8) is 0 Å². The highest BCUT2D eigenvalue weighted by Gasteiger charge is 2.24. The molecule has 3 rings (SSSR count). The summed E-state index contributed by atoms with van der Waals surface area (Å²) in [7, 11) is 0. The van der Waals surface area contributed by atoms with Gasteiger partial charge in [0.2, 0.25) is 0 Å². The van der Waals surface area contributed by atoms with Crippen molar-refractivity contribution in [3.05, 3.63) is 53.6 Å². The molecule has 0 aliphatic carbocycles. The van der Waals surface area contributed by atoms with E-state index in [0.29, 0.717) is 25.6 Å². The average Bonchev–Trinajstić information content (AvgIpc) is 2.68. The number of carbonyl (C=O) groups excluding carboxylic acids is 1. The van der Waals surface area contributed by atoms with E-state index < -0.39 is 0 Å². The molecule has 2 aromatic rings. The van der Waals surface area contributed by atoms with Crippen LogP contribution >= 0.6 is 0 Å². The van der Waals surface area contributed by atoms with Gasteiger partial charge in [0, 0.05) is 44.9 Å². The number of nitrogens with zero attached hydrogens (tertiary/aromatic N) is 3. The van der Waals surface area contributed by atoms with Crippen molar-refractivity contribution in [1.29, 1.82) is 0 Å². The Labute approximate surface area is 152 Å². The minimum Gasteiger partial charge on any atom is -0.460 e. The van der Waals surface area contributed by atoms with Crippen LogP contribution < -0.4 is 10.1 Å². The maximum Gasteiger partial charge on any atom is 0.317 e. The van der Waals surface area contributed by atoms with Crippen LogP contribution in [0.3, 0.4) is 0 Å². The fourth-order valence-electron chi connectivity index (χ4n) is 2.80. The molecule has 7 heteroatoms. The first-order valence-electron chi connectivity index (χ1n) is 8.89. The van der Waals surface area contributed by atoms with Crippen molar-refractivity contribution < 1.29 is 13.9 Å². The van der Waals surface area contributed by atoms with Gasteiger partial charge in [-0.1, -0.05) is 19.1 Å². The lowest BCUT2D eigenvalue weighted by Gasteiger charge is -2.31. The Hall–Kier alpha value is -2.70. The molecule has 1 aliphatic rings. The fourth-order valence-corrected chi connectivity index (χ4v) is 2.80. The van der Waals surface area contributed by atoms with Crippen LogP contribution in [0.4, 0.5) is 9.18 Å². The number of hydrogen-bond acceptors (Lipinski definition) is 4. The van der Waals surface area contributed by atoms with E-state index >= 15 is 0 Å². The van der Waals surface area contributed by atoms with E-state index in [2.05, 4.69) is 22.2 Å². The third kappa shape index (κ3) is 4.91. The average molecular weight is 358 g/mol. The summed E-state index contributed by atoms with van der Waals surface area (Å²) in [4.78, 5) is 22.4. The summed E-state index contributed by atoms with van der Waals surface area (Å²) in [5, 5.41) is 2.86. The van der Waals surface area contributed by atoms with Gasteiger partial charge in [-0.15, -0.1) is 0 Å². The second kappa shape index (κ2) is 8.60. The normalized spacial score (nSPS) is 14.9. The Bertz CT molecular complexity index is 713. The largest absolute Gasteiger partial charge is 0.460 e. The van der Waals surface area contributed by atoms with Gasteiger partial charge in [-0.2, -0.15) is 0 Å². The maximum atomic E-state index is 12.9. The molecule has 0 spiro atoms. The topological polar surface area (TPSA) is 67.3 Å². The lowest BCUT2D eigenvalue weighted by molar-refractivity contribution is 0.103. The Morgan fingerprint density at radius 2 is 1.85 bits per heavy atom. The van der Waals surface area contributed by atoms with E-state index in [9.17, 15) is 9.18 Å². The van der Waals surface area contributed by atoms with Crippen molar-refractivity contribution in [2.75, 3.05) is 13.1 Å². The predicted molar refractivity (Wildman–Crippen MR) is 95.3 cm³/mol. The van der Waals surface area contributed by atoms with Crippen molar-refractivity contribution in [2.45, 2.75) is 38.8 Å². The number of amides is 2. The third-order valence-electron chi connectivity index (χ3n) is 4.45. The quantitative estimate of drug-likeness (QED) is 0.892. The minimum absolute atomic E-state index is 0.0172. The highest BCUT2D eigenvalue weighted by molar-refractivity contribution is 5.74. The van der Waals surface area contributed by atoms with E-state index in [0.717, 1.165) is 30.4 Å². The Morgan fingerprint density at radius 1 is 1.19 bits per heavy atom. The molecule has 1 N–H and O–H groups in total. The number of ether oxygens (including phenoxy) is 1. The second-order valence-electron chi connectivity index (χ2n) is 6.32. The molecule has 1 aliphatic heterocycles. The number of likely N-dealkylation sites (tertiary alicyclic amines) is 1. The van der Waals surface area contributed by atoms with Crippen LogP contribution in [0.2, 0.25) is 0 Å². The predicted octanol–water partition coefficient (Wildman–Crippen LogP) is 2.93. The molecule has 1 aromatic carbocycles. The summed E-state index contributed by atoms with van der Waals surface area (Å²) in [5.74, 6) is -0.282. The summed E-state index contributed by atoms with van der Waals surface area (Å²) in [6, 6.07) is 6.38. The van der Waals surface area contributed by atoms with Gasteiger partial charge in [0.15, 0.2) is 0 Å². The van der Waals surface area contributed by atoms with E-state index in [1.54, 1.807) is 29.4 Å². The summed E-state index contributed by atoms with van der Waals surface area (Å²) < 4.78 is 18.7.